The number of thiol groups is 1. The zero-order valence-electron chi connectivity index (χ0n) is 17.6. The molecule has 1 aromatic carbocycles. The highest BCUT2D eigenvalue weighted by atomic mass is 32.1. The van der Waals surface area contributed by atoms with Crippen molar-refractivity contribution >= 4 is 17.9 Å². The molecular weight excluding hydrogens is 389 g/mol. The fraction of sp³-hybridized carbons (Fsp3) is 0.650. The van der Waals surface area contributed by atoms with Crippen LogP contribution in [0.15, 0.2) is 24.3 Å². The standard InChI is InChI=1S/C16H24N2O2S.C2H3F3.C2H6/c1-12-5-4-6-14(9-12)15(11-20-3)18-8-7-17(16(19)21)10-13(18)2;1-2(3,4)5;1-2/h4-6,9,13,15H,7-8,10-11H2,1-3H3,(H,19,21);1H3;1-2H3/t13-,15-;;/m0../s1. The van der Waals surface area contributed by atoms with Crippen LogP contribution in [-0.2, 0) is 4.74 Å². The second-order valence-corrected chi connectivity index (χ2v) is 6.86. The minimum Gasteiger partial charge on any atom is -0.383 e. The van der Waals surface area contributed by atoms with Crippen molar-refractivity contribution in [3.63, 3.8) is 0 Å². The highest BCUT2D eigenvalue weighted by molar-refractivity contribution is 7.96. The molecule has 0 radical (unpaired) electrons. The number of ether oxygens (including phenoxy) is 1. The van der Waals surface area contributed by atoms with E-state index in [-0.39, 0.29) is 24.2 Å². The average Bonchev–Trinajstić information content (AvgIpc) is 2.60. The predicted molar refractivity (Wildman–Crippen MR) is 111 cm³/mol. The van der Waals surface area contributed by atoms with Crippen LogP contribution in [0.4, 0.5) is 18.0 Å². The largest absolute Gasteiger partial charge is 0.386 e. The van der Waals surface area contributed by atoms with Gasteiger partial charge >= 0.3 is 6.18 Å². The molecule has 28 heavy (non-hydrogen) atoms. The molecule has 0 bridgehead atoms. The van der Waals surface area contributed by atoms with E-state index in [1.807, 2.05) is 13.8 Å². The van der Waals surface area contributed by atoms with Gasteiger partial charge in [0.1, 0.15) is 0 Å². The van der Waals surface area contributed by atoms with Gasteiger partial charge in [-0.05, 0) is 19.4 Å². The Labute approximate surface area is 172 Å². The van der Waals surface area contributed by atoms with Crippen molar-refractivity contribution < 1.29 is 22.7 Å². The van der Waals surface area contributed by atoms with Crippen LogP contribution in [0.2, 0.25) is 0 Å². The van der Waals surface area contributed by atoms with Gasteiger partial charge in [-0.1, -0.05) is 56.3 Å². The van der Waals surface area contributed by atoms with Crippen LogP contribution in [0.1, 0.15) is 44.9 Å². The molecule has 2 rings (SSSR count). The van der Waals surface area contributed by atoms with E-state index in [1.165, 1.54) is 11.1 Å². The Hall–Kier alpha value is -1.25. The topological polar surface area (TPSA) is 32.8 Å². The summed E-state index contributed by atoms with van der Waals surface area (Å²) < 4.78 is 36.5. The Morgan fingerprint density at radius 3 is 2.32 bits per heavy atom. The van der Waals surface area contributed by atoms with Crippen LogP contribution in [0.5, 0.6) is 0 Å². The number of alkyl halides is 3. The van der Waals surface area contributed by atoms with E-state index in [2.05, 4.69) is 55.6 Å². The minimum absolute atomic E-state index is 0.139. The van der Waals surface area contributed by atoms with E-state index in [0.717, 1.165) is 13.1 Å². The van der Waals surface area contributed by atoms with Gasteiger partial charge in [0.25, 0.3) is 5.24 Å². The van der Waals surface area contributed by atoms with Crippen molar-refractivity contribution in [3.8, 4) is 0 Å². The highest BCUT2D eigenvalue weighted by Gasteiger charge is 2.31. The Bertz CT molecular complexity index is 579. The molecule has 1 heterocycles. The maximum Gasteiger partial charge on any atom is 0.386 e. The van der Waals surface area contributed by atoms with Crippen LogP contribution < -0.4 is 0 Å². The predicted octanol–water partition coefficient (Wildman–Crippen LogP) is 5.33. The number of benzene rings is 1. The third kappa shape index (κ3) is 10.3. The van der Waals surface area contributed by atoms with Crippen LogP contribution in [0.25, 0.3) is 0 Å². The van der Waals surface area contributed by atoms with Gasteiger partial charge in [0.15, 0.2) is 0 Å². The first-order valence-electron chi connectivity index (χ1n) is 9.38. The lowest BCUT2D eigenvalue weighted by Gasteiger charge is -2.43. The van der Waals surface area contributed by atoms with Gasteiger partial charge in [-0.25, -0.2) is 0 Å². The Morgan fingerprint density at radius 1 is 1.32 bits per heavy atom. The second kappa shape index (κ2) is 13.1. The van der Waals surface area contributed by atoms with E-state index >= 15 is 0 Å². The summed E-state index contributed by atoms with van der Waals surface area (Å²) in [4.78, 5) is 15.6. The molecule has 0 aromatic heterocycles. The van der Waals surface area contributed by atoms with Crippen LogP contribution in [0, 0.1) is 6.92 Å². The molecule has 4 nitrogen and oxygen atoms in total. The summed E-state index contributed by atoms with van der Waals surface area (Å²) in [5.74, 6) is 0. The number of nitrogens with zero attached hydrogens (tertiary/aromatic N) is 2. The molecule has 8 heteroatoms. The molecule has 1 amide bonds. The first-order valence-corrected chi connectivity index (χ1v) is 9.83. The molecule has 0 N–H and O–H groups in total. The van der Waals surface area contributed by atoms with Crippen LogP contribution >= 0.6 is 12.6 Å². The lowest BCUT2D eigenvalue weighted by molar-refractivity contribution is -0.110. The van der Waals surface area contributed by atoms with Crippen molar-refractivity contribution in [1.29, 1.82) is 0 Å². The van der Waals surface area contributed by atoms with Crippen LogP contribution in [-0.4, -0.2) is 60.6 Å². The summed E-state index contributed by atoms with van der Waals surface area (Å²) in [5, 5.41) is -0.139. The lowest BCUT2D eigenvalue weighted by atomic mass is 10.0. The van der Waals surface area contributed by atoms with E-state index in [0.29, 0.717) is 13.2 Å². The molecule has 0 saturated carbocycles. The summed E-state index contributed by atoms with van der Waals surface area (Å²) >= 11 is 3.93. The lowest BCUT2D eigenvalue weighted by Crippen LogP contribution is -2.54. The molecule has 0 aliphatic carbocycles. The first kappa shape index (κ1) is 26.8. The fourth-order valence-electron chi connectivity index (χ4n) is 3.03. The smallest absolute Gasteiger partial charge is 0.383 e. The number of hydrogen-bond donors (Lipinski definition) is 1. The summed E-state index contributed by atoms with van der Waals surface area (Å²) in [7, 11) is 1.74. The third-order valence-electron chi connectivity index (χ3n) is 4.10. The summed E-state index contributed by atoms with van der Waals surface area (Å²) in [5.41, 5.74) is 2.53. The molecular formula is C20H33F3N2O2S. The van der Waals surface area contributed by atoms with E-state index < -0.39 is 6.18 Å². The van der Waals surface area contributed by atoms with Gasteiger partial charge in [0.05, 0.1) is 12.6 Å². The molecule has 0 unspecified atom stereocenters. The maximum atomic E-state index is 11.4. The number of amides is 1. The second-order valence-electron chi connectivity index (χ2n) is 6.48. The van der Waals surface area contributed by atoms with Crippen LogP contribution in [0.3, 0.4) is 0 Å². The molecule has 0 spiro atoms. The molecule has 1 saturated heterocycles. The Morgan fingerprint density at radius 2 is 1.89 bits per heavy atom. The number of hydrogen-bond acceptors (Lipinski definition) is 3. The summed E-state index contributed by atoms with van der Waals surface area (Å²) in [6.45, 7) is 11.4. The zero-order valence-corrected chi connectivity index (χ0v) is 18.5. The third-order valence-corrected chi connectivity index (χ3v) is 4.38. The van der Waals surface area contributed by atoms with Crippen molar-refractivity contribution in [2.24, 2.45) is 0 Å². The van der Waals surface area contributed by atoms with E-state index in [4.69, 9.17) is 4.74 Å². The zero-order chi connectivity index (χ0) is 21.9. The quantitative estimate of drug-likeness (QED) is 0.666. The average molecular weight is 423 g/mol. The van der Waals surface area contributed by atoms with Gasteiger partial charge in [-0.2, -0.15) is 13.2 Å². The molecule has 1 aliphatic heterocycles. The Balaban J connectivity index is 0.000000906. The molecule has 1 aromatic rings. The molecule has 2 atom stereocenters. The fourth-order valence-corrected chi connectivity index (χ4v) is 3.21. The van der Waals surface area contributed by atoms with Gasteiger partial charge in [-0.15, -0.1) is 0 Å². The molecule has 1 fully saturated rings. The monoisotopic (exact) mass is 422 g/mol. The van der Waals surface area contributed by atoms with E-state index in [1.54, 1.807) is 12.0 Å². The highest BCUT2D eigenvalue weighted by Crippen LogP contribution is 2.26. The summed E-state index contributed by atoms with van der Waals surface area (Å²) in [6.07, 6.45) is -4.00. The normalized spacial score (nSPS) is 18.4. The number of carbonyl (C=O) groups excluding carboxylic acids is 1. The molecule has 162 valence electrons. The van der Waals surface area contributed by atoms with Gasteiger partial charge in [0, 0.05) is 39.7 Å². The number of piperazine rings is 1. The number of carbonyl (C=O) groups is 1. The van der Waals surface area contributed by atoms with Crippen molar-refractivity contribution in [3.05, 3.63) is 35.4 Å². The minimum atomic E-state index is -4.00. The van der Waals surface area contributed by atoms with E-state index in [9.17, 15) is 18.0 Å². The Kier molecular flexibility index (Phi) is 12.5. The molecule has 1 aliphatic rings. The van der Waals surface area contributed by atoms with Gasteiger partial charge in [0.2, 0.25) is 0 Å². The number of halogens is 3. The number of rotatable bonds is 4. The number of aryl methyl sites for hydroxylation is 1. The van der Waals surface area contributed by atoms with Crippen molar-refractivity contribution in [1.82, 2.24) is 9.80 Å². The van der Waals surface area contributed by atoms with Gasteiger partial charge in [-0.3, -0.25) is 9.69 Å². The van der Waals surface area contributed by atoms with Crippen molar-refractivity contribution in [2.45, 2.75) is 52.9 Å². The van der Waals surface area contributed by atoms with Crippen molar-refractivity contribution in [2.75, 3.05) is 33.4 Å². The SMILES string of the molecule is CC.CC(F)(F)F.COC[C@@H](c1cccc(C)c1)N1CCN(C(=O)S)C[C@@H]1C. The first-order chi connectivity index (χ1) is 13.0. The van der Waals surface area contributed by atoms with Gasteiger partial charge < -0.3 is 9.64 Å². The summed E-state index contributed by atoms with van der Waals surface area (Å²) in [6, 6.07) is 9.07. The maximum absolute atomic E-state index is 11.4. The number of methoxy groups -OCH3 is 1.